The van der Waals surface area contributed by atoms with Crippen molar-refractivity contribution in [2.45, 2.75) is 6.18 Å². The van der Waals surface area contributed by atoms with Crippen LogP contribution in [0, 0.1) is 0 Å². The lowest BCUT2D eigenvalue weighted by Gasteiger charge is -2.19. The van der Waals surface area contributed by atoms with Gasteiger partial charge in [0.1, 0.15) is 0 Å². The molecular formula is C13H14Cl2F3N3. The average Bonchev–Trinajstić information content (AvgIpc) is 2.38. The Bertz CT molecular complexity index is 556. The minimum atomic E-state index is -4.35. The Hall–Kier alpha value is -1.63. The van der Waals surface area contributed by atoms with Crippen molar-refractivity contribution in [3.05, 3.63) is 54.1 Å². The number of nitrogens with zero attached hydrogens (tertiary/aromatic N) is 1. The van der Waals surface area contributed by atoms with Crippen molar-refractivity contribution in [2.75, 3.05) is 10.7 Å². The van der Waals surface area contributed by atoms with Gasteiger partial charge >= 0.3 is 6.18 Å². The molecule has 21 heavy (non-hydrogen) atoms. The number of nitrogens with two attached hydrogens (primary N) is 2. The normalized spacial score (nSPS) is 10.3. The summed E-state index contributed by atoms with van der Waals surface area (Å²) in [5.74, 6) is 5.84. The number of anilines is 3. The third-order valence-electron chi connectivity index (χ3n) is 2.64. The molecule has 0 aliphatic carbocycles. The molecule has 0 saturated carbocycles. The van der Waals surface area contributed by atoms with Gasteiger partial charge in [0, 0.05) is 5.69 Å². The number of benzene rings is 2. The van der Waals surface area contributed by atoms with Gasteiger partial charge in [-0.2, -0.15) is 13.2 Å². The number of hydrogen-bond acceptors (Lipinski definition) is 3. The van der Waals surface area contributed by atoms with Crippen LogP contribution >= 0.6 is 24.8 Å². The molecule has 0 amide bonds. The first kappa shape index (κ1) is 19.4. The molecule has 2 rings (SSSR count). The molecule has 0 radical (unpaired) electrons. The first-order valence-electron chi connectivity index (χ1n) is 5.45. The van der Waals surface area contributed by atoms with Gasteiger partial charge < -0.3 is 5.73 Å². The first-order valence-corrected chi connectivity index (χ1v) is 5.45. The second kappa shape index (κ2) is 7.40. The molecule has 0 heterocycles. The standard InChI is InChI=1S/C13H12F3N3.2ClH/c14-13(15,16)9-1-5-11(6-2-9)19(18)12-7-3-10(17)4-8-12;;/h1-8H,17-18H2;2*1H. The summed E-state index contributed by atoms with van der Waals surface area (Å²) < 4.78 is 37.3. The number of hydrogen-bond donors (Lipinski definition) is 2. The van der Waals surface area contributed by atoms with Crippen molar-refractivity contribution in [3.63, 3.8) is 0 Å². The molecule has 0 saturated heterocycles. The fourth-order valence-corrected chi connectivity index (χ4v) is 1.60. The summed E-state index contributed by atoms with van der Waals surface area (Å²) in [4.78, 5) is 0. The summed E-state index contributed by atoms with van der Waals surface area (Å²) in [5.41, 5.74) is 6.52. The summed E-state index contributed by atoms with van der Waals surface area (Å²) in [5, 5.41) is 1.29. The van der Waals surface area contributed by atoms with E-state index < -0.39 is 11.7 Å². The Balaban J connectivity index is 0.00000200. The zero-order chi connectivity index (χ0) is 14.0. The maximum Gasteiger partial charge on any atom is 0.416 e. The Morgan fingerprint density at radius 2 is 1.14 bits per heavy atom. The number of nitrogen functional groups attached to an aromatic ring is 1. The van der Waals surface area contributed by atoms with Crippen LogP contribution in [0.2, 0.25) is 0 Å². The van der Waals surface area contributed by atoms with Crippen molar-refractivity contribution in [2.24, 2.45) is 5.84 Å². The van der Waals surface area contributed by atoms with Crippen molar-refractivity contribution in [3.8, 4) is 0 Å². The van der Waals surface area contributed by atoms with Crippen molar-refractivity contribution < 1.29 is 13.2 Å². The van der Waals surface area contributed by atoms with Gasteiger partial charge in [-0.15, -0.1) is 24.8 Å². The van der Waals surface area contributed by atoms with Crippen molar-refractivity contribution in [1.82, 2.24) is 0 Å². The van der Waals surface area contributed by atoms with E-state index in [1.807, 2.05) is 0 Å². The molecule has 0 fully saturated rings. The van der Waals surface area contributed by atoms with Gasteiger partial charge in [0.2, 0.25) is 0 Å². The van der Waals surface area contributed by atoms with Gasteiger partial charge in [-0.1, -0.05) is 0 Å². The summed E-state index contributed by atoms with van der Waals surface area (Å²) in [7, 11) is 0. The molecule has 3 nitrogen and oxygen atoms in total. The molecule has 2 aromatic rings. The lowest BCUT2D eigenvalue weighted by atomic mass is 10.2. The number of hydrazine groups is 1. The smallest absolute Gasteiger partial charge is 0.399 e. The van der Waals surface area contributed by atoms with Crippen LogP contribution in [0.3, 0.4) is 0 Å². The van der Waals surface area contributed by atoms with Gasteiger partial charge in [0.05, 0.1) is 16.9 Å². The fraction of sp³-hybridized carbons (Fsp3) is 0.0769. The number of alkyl halides is 3. The van der Waals surface area contributed by atoms with Crippen LogP contribution in [0.1, 0.15) is 5.56 Å². The summed E-state index contributed by atoms with van der Waals surface area (Å²) in [6.45, 7) is 0. The van der Waals surface area contributed by atoms with Crippen LogP contribution < -0.4 is 16.6 Å². The summed E-state index contributed by atoms with van der Waals surface area (Å²) in [6.07, 6.45) is -4.35. The van der Waals surface area contributed by atoms with Crippen LogP contribution in [0.5, 0.6) is 0 Å². The second-order valence-corrected chi connectivity index (χ2v) is 4.01. The van der Waals surface area contributed by atoms with Crippen molar-refractivity contribution in [1.29, 1.82) is 0 Å². The molecule has 4 N–H and O–H groups in total. The van der Waals surface area contributed by atoms with E-state index in [1.54, 1.807) is 24.3 Å². The monoisotopic (exact) mass is 339 g/mol. The van der Waals surface area contributed by atoms with E-state index in [4.69, 9.17) is 11.6 Å². The zero-order valence-electron chi connectivity index (χ0n) is 10.7. The van der Waals surface area contributed by atoms with Gasteiger partial charge in [0.15, 0.2) is 0 Å². The molecule has 0 bridgehead atoms. The Labute approximate surface area is 132 Å². The summed E-state index contributed by atoms with van der Waals surface area (Å²) >= 11 is 0. The van der Waals surface area contributed by atoms with Gasteiger partial charge in [-0.05, 0) is 48.5 Å². The maximum absolute atomic E-state index is 12.4. The maximum atomic E-state index is 12.4. The minimum absolute atomic E-state index is 0. The van der Waals surface area contributed by atoms with E-state index in [0.717, 1.165) is 12.1 Å². The Morgan fingerprint density at radius 3 is 1.52 bits per heavy atom. The zero-order valence-corrected chi connectivity index (χ0v) is 12.3. The molecule has 0 aliphatic heterocycles. The first-order chi connectivity index (χ1) is 8.88. The predicted octanol–water partition coefficient (Wildman–Crippen LogP) is 4.14. The van der Waals surface area contributed by atoms with Gasteiger partial charge in [0.25, 0.3) is 0 Å². The number of rotatable bonds is 2. The van der Waals surface area contributed by atoms with E-state index in [9.17, 15) is 13.2 Å². The fourth-order valence-electron chi connectivity index (χ4n) is 1.60. The van der Waals surface area contributed by atoms with E-state index in [2.05, 4.69) is 0 Å². The van der Waals surface area contributed by atoms with Crippen LogP contribution in [0.25, 0.3) is 0 Å². The SMILES string of the molecule is Cl.Cl.Nc1ccc(N(N)c2ccc(C(F)(F)F)cc2)cc1. The molecule has 0 unspecified atom stereocenters. The van der Waals surface area contributed by atoms with E-state index in [0.29, 0.717) is 17.1 Å². The third-order valence-corrected chi connectivity index (χ3v) is 2.64. The second-order valence-electron chi connectivity index (χ2n) is 4.01. The molecule has 0 aliphatic rings. The van der Waals surface area contributed by atoms with Crippen LogP contribution in [0.15, 0.2) is 48.5 Å². The summed E-state index contributed by atoms with van der Waals surface area (Å²) in [6, 6.07) is 11.3. The molecule has 116 valence electrons. The van der Waals surface area contributed by atoms with E-state index >= 15 is 0 Å². The lowest BCUT2D eigenvalue weighted by molar-refractivity contribution is -0.137. The largest absolute Gasteiger partial charge is 0.416 e. The quantitative estimate of drug-likeness (QED) is 0.491. The molecule has 0 aromatic heterocycles. The average molecular weight is 340 g/mol. The van der Waals surface area contributed by atoms with E-state index in [-0.39, 0.29) is 24.8 Å². The highest BCUT2D eigenvalue weighted by atomic mass is 35.5. The Kier molecular flexibility index (Phi) is 6.82. The molecular weight excluding hydrogens is 326 g/mol. The highest BCUT2D eigenvalue weighted by molar-refractivity contribution is 5.85. The van der Waals surface area contributed by atoms with Crippen LogP contribution in [0.4, 0.5) is 30.2 Å². The topological polar surface area (TPSA) is 55.3 Å². The lowest BCUT2D eigenvalue weighted by Crippen LogP contribution is -2.24. The molecule has 8 heteroatoms. The predicted molar refractivity (Wildman–Crippen MR) is 83.1 cm³/mol. The minimum Gasteiger partial charge on any atom is -0.399 e. The van der Waals surface area contributed by atoms with Gasteiger partial charge in [-0.3, -0.25) is 5.01 Å². The van der Waals surface area contributed by atoms with Gasteiger partial charge in [-0.25, -0.2) is 5.84 Å². The van der Waals surface area contributed by atoms with Crippen LogP contribution in [-0.2, 0) is 6.18 Å². The van der Waals surface area contributed by atoms with Crippen LogP contribution in [-0.4, -0.2) is 0 Å². The third kappa shape index (κ3) is 4.70. The molecule has 0 atom stereocenters. The molecule has 2 aromatic carbocycles. The molecule has 0 spiro atoms. The van der Waals surface area contributed by atoms with E-state index in [1.165, 1.54) is 17.1 Å². The Morgan fingerprint density at radius 1 is 0.762 bits per heavy atom. The number of halogens is 5. The van der Waals surface area contributed by atoms with Crippen molar-refractivity contribution >= 4 is 41.9 Å². The highest BCUT2D eigenvalue weighted by Crippen LogP contribution is 2.31. The highest BCUT2D eigenvalue weighted by Gasteiger charge is 2.30.